The van der Waals surface area contributed by atoms with Crippen LogP contribution < -0.4 is 19.2 Å². The summed E-state index contributed by atoms with van der Waals surface area (Å²) in [5.41, 5.74) is 0. The Labute approximate surface area is 208 Å². The summed E-state index contributed by atoms with van der Waals surface area (Å²) < 4.78 is 0. The average molecular weight is 468 g/mol. The first-order chi connectivity index (χ1) is 17.9. The number of rotatable bonds is 4. The number of hydrogen-bond donors (Lipinski definition) is 0. The lowest BCUT2D eigenvalue weighted by Gasteiger charge is -2.19. The molecule has 0 atom stereocenters. The summed E-state index contributed by atoms with van der Waals surface area (Å²) in [4.78, 5) is 36.9. The van der Waals surface area contributed by atoms with Crippen LogP contribution in [0.5, 0.6) is 0 Å². The summed E-state index contributed by atoms with van der Waals surface area (Å²) in [6.45, 7) is 0. The van der Waals surface area contributed by atoms with E-state index in [2.05, 4.69) is 39.2 Å². The molecule has 0 radical (unpaired) electrons. The molecule has 12 heteroatoms. The van der Waals surface area contributed by atoms with Crippen molar-refractivity contribution in [1.82, 2.24) is 29.9 Å². The summed E-state index contributed by atoms with van der Waals surface area (Å²) in [5.74, 6) is 5.99. The standard InChI is InChI=1S/C24H18B2N10/c1-5-13-27-17(9-1)33-21-22(34(25-33)18-10-2-6-14-28-18)32-24-23(31-21)35(19-11-3-7-15-29-19)26-36(24)20-12-4-8-16-30-20/h1-16,25-26H. The SMILES string of the molecule is B1N(c2ccccn2)c2nc3c(nc2N1c1ccccn1)N(c1ccccn1)BN3c1ccccn1. The third kappa shape index (κ3) is 3.30. The van der Waals surface area contributed by atoms with Gasteiger partial charge in [0.05, 0.1) is 0 Å². The van der Waals surface area contributed by atoms with Gasteiger partial charge in [-0.1, -0.05) is 24.3 Å². The minimum absolute atomic E-state index is 0.486. The van der Waals surface area contributed by atoms with Crippen LogP contribution in [0.3, 0.4) is 0 Å². The van der Waals surface area contributed by atoms with Gasteiger partial charge in [0, 0.05) is 24.8 Å². The second-order valence-corrected chi connectivity index (χ2v) is 8.26. The van der Waals surface area contributed by atoms with E-state index in [-0.39, 0.29) is 0 Å². The van der Waals surface area contributed by atoms with Crippen LogP contribution in [0.4, 0.5) is 46.5 Å². The van der Waals surface area contributed by atoms with E-state index in [4.69, 9.17) is 9.97 Å². The van der Waals surface area contributed by atoms with Gasteiger partial charge in [-0.25, -0.2) is 29.9 Å². The van der Waals surface area contributed by atoms with Gasteiger partial charge in [-0.05, 0) is 48.5 Å². The zero-order valence-electron chi connectivity index (χ0n) is 19.1. The molecule has 0 unspecified atom stereocenters. The van der Waals surface area contributed by atoms with Crippen LogP contribution in [0, 0.1) is 0 Å². The van der Waals surface area contributed by atoms with Gasteiger partial charge >= 0.3 is 15.1 Å². The minimum Gasteiger partial charge on any atom is -0.334 e. The van der Waals surface area contributed by atoms with Gasteiger partial charge < -0.3 is 19.2 Å². The van der Waals surface area contributed by atoms with E-state index in [1.807, 2.05) is 72.8 Å². The van der Waals surface area contributed by atoms with E-state index in [9.17, 15) is 0 Å². The van der Waals surface area contributed by atoms with Crippen molar-refractivity contribution in [1.29, 1.82) is 0 Å². The first-order valence-electron chi connectivity index (χ1n) is 11.5. The molecular weight excluding hydrogens is 450 g/mol. The molecule has 10 nitrogen and oxygen atoms in total. The fourth-order valence-electron chi connectivity index (χ4n) is 4.45. The molecule has 36 heavy (non-hydrogen) atoms. The van der Waals surface area contributed by atoms with Crippen LogP contribution in [0.2, 0.25) is 0 Å². The van der Waals surface area contributed by atoms with Crippen molar-refractivity contribution >= 4 is 61.6 Å². The third-order valence-electron chi connectivity index (χ3n) is 6.12. The zero-order chi connectivity index (χ0) is 23.9. The predicted molar refractivity (Wildman–Crippen MR) is 142 cm³/mol. The van der Waals surface area contributed by atoms with Crippen LogP contribution in [-0.4, -0.2) is 45.0 Å². The second-order valence-electron chi connectivity index (χ2n) is 8.26. The van der Waals surface area contributed by atoms with Gasteiger partial charge in [0.2, 0.25) is 0 Å². The second kappa shape index (κ2) is 8.35. The topological polar surface area (TPSA) is 90.3 Å². The Morgan fingerprint density at radius 2 is 0.667 bits per heavy atom. The Kier molecular flexibility index (Phi) is 4.73. The van der Waals surface area contributed by atoms with Gasteiger partial charge in [0.25, 0.3) is 0 Å². The maximum Gasteiger partial charge on any atom is 0.371 e. The summed E-state index contributed by atoms with van der Waals surface area (Å²) in [5, 5.41) is 0. The lowest BCUT2D eigenvalue weighted by atomic mass is 10.1. The Bertz CT molecular complexity index is 1280. The molecule has 0 saturated heterocycles. The Hall–Kier alpha value is -4.99. The normalized spacial score (nSPS) is 13.8. The maximum absolute atomic E-state index is 5.17. The van der Waals surface area contributed by atoms with E-state index in [1.54, 1.807) is 24.8 Å². The lowest BCUT2D eigenvalue weighted by Crippen LogP contribution is -2.31. The molecule has 0 spiro atoms. The smallest absolute Gasteiger partial charge is 0.334 e. The van der Waals surface area contributed by atoms with E-state index in [0.29, 0.717) is 38.4 Å². The van der Waals surface area contributed by atoms with Crippen molar-refractivity contribution < 1.29 is 0 Å². The number of nitrogens with zero attached hydrogens (tertiary/aromatic N) is 10. The fraction of sp³-hybridized carbons (Fsp3) is 0. The highest BCUT2D eigenvalue weighted by atomic mass is 15.4. The van der Waals surface area contributed by atoms with Gasteiger partial charge in [0.1, 0.15) is 23.3 Å². The molecule has 7 heterocycles. The third-order valence-corrected chi connectivity index (χ3v) is 6.12. The largest absolute Gasteiger partial charge is 0.371 e. The molecule has 5 aromatic rings. The van der Waals surface area contributed by atoms with Gasteiger partial charge in [-0.15, -0.1) is 0 Å². The van der Waals surface area contributed by atoms with Gasteiger partial charge in [-0.3, -0.25) is 0 Å². The molecule has 0 bridgehead atoms. The molecule has 2 aliphatic heterocycles. The monoisotopic (exact) mass is 468 g/mol. The molecule has 0 amide bonds. The van der Waals surface area contributed by atoms with Crippen LogP contribution in [0.25, 0.3) is 0 Å². The molecule has 170 valence electrons. The summed E-state index contributed by atoms with van der Waals surface area (Å²) >= 11 is 0. The number of aromatic nitrogens is 6. The summed E-state index contributed by atoms with van der Waals surface area (Å²) in [7, 11) is 0.971. The quantitative estimate of drug-likeness (QED) is 0.367. The van der Waals surface area contributed by atoms with Crippen molar-refractivity contribution in [3.05, 3.63) is 97.6 Å². The molecule has 5 aromatic heterocycles. The minimum atomic E-state index is 0.486. The molecule has 0 N–H and O–H groups in total. The van der Waals surface area contributed by atoms with Crippen LogP contribution in [0.15, 0.2) is 97.6 Å². The van der Waals surface area contributed by atoms with E-state index >= 15 is 0 Å². The molecule has 7 rings (SSSR count). The Balaban J connectivity index is 1.43. The highest BCUT2D eigenvalue weighted by Gasteiger charge is 2.41. The Morgan fingerprint density at radius 1 is 0.389 bits per heavy atom. The van der Waals surface area contributed by atoms with Crippen LogP contribution >= 0.6 is 0 Å². The Morgan fingerprint density at radius 3 is 0.889 bits per heavy atom. The van der Waals surface area contributed by atoms with Crippen molar-refractivity contribution in [3.63, 3.8) is 0 Å². The molecule has 0 aliphatic carbocycles. The van der Waals surface area contributed by atoms with E-state index < -0.39 is 0 Å². The summed E-state index contributed by atoms with van der Waals surface area (Å²) in [6, 6.07) is 23.4. The number of anilines is 8. The zero-order valence-corrected chi connectivity index (χ0v) is 19.1. The maximum atomic E-state index is 5.17. The summed E-state index contributed by atoms with van der Waals surface area (Å²) in [6.07, 6.45) is 7.12. The van der Waals surface area contributed by atoms with E-state index in [0.717, 1.165) is 23.3 Å². The number of fused-ring (bicyclic) bond motifs is 2. The molecule has 0 fully saturated rings. The first-order valence-corrected chi connectivity index (χ1v) is 11.5. The molecular formula is C24H18B2N10. The van der Waals surface area contributed by atoms with Crippen LogP contribution in [-0.2, 0) is 0 Å². The van der Waals surface area contributed by atoms with E-state index in [1.165, 1.54) is 0 Å². The van der Waals surface area contributed by atoms with Crippen molar-refractivity contribution in [2.45, 2.75) is 0 Å². The van der Waals surface area contributed by atoms with Gasteiger partial charge in [-0.2, -0.15) is 0 Å². The highest BCUT2D eigenvalue weighted by Crippen LogP contribution is 2.47. The molecule has 0 aromatic carbocycles. The average Bonchev–Trinajstić information content (AvgIpc) is 3.52. The number of hydrogen-bond acceptors (Lipinski definition) is 10. The molecule has 2 aliphatic rings. The fourth-order valence-corrected chi connectivity index (χ4v) is 4.45. The van der Waals surface area contributed by atoms with Crippen molar-refractivity contribution in [2.24, 2.45) is 0 Å². The predicted octanol–water partition coefficient (Wildman–Crippen LogP) is 3.17. The molecule has 0 saturated carbocycles. The van der Waals surface area contributed by atoms with Crippen LogP contribution in [0.1, 0.15) is 0 Å². The number of pyridine rings is 4. The lowest BCUT2D eigenvalue weighted by molar-refractivity contribution is 1.11. The van der Waals surface area contributed by atoms with Crippen molar-refractivity contribution in [3.8, 4) is 0 Å². The first kappa shape index (κ1) is 20.4. The highest BCUT2D eigenvalue weighted by molar-refractivity contribution is 6.56. The van der Waals surface area contributed by atoms with Crippen molar-refractivity contribution in [2.75, 3.05) is 19.2 Å². The van der Waals surface area contributed by atoms with Gasteiger partial charge in [0.15, 0.2) is 23.3 Å².